The second-order valence-corrected chi connectivity index (χ2v) is 7.62. The molecule has 0 unspecified atom stereocenters. The molecule has 1 aliphatic rings. The van der Waals surface area contributed by atoms with Crippen molar-refractivity contribution >= 4 is 21.6 Å². The van der Waals surface area contributed by atoms with Gasteiger partial charge >= 0.3 is 0 Å². The SMILES string of the molecule is COc1ccccc1CN(C)Cc1nc2sc3c(c2c(=O)[nH]1)CCC3. The van der Waals surface area contributed by atoms with Gasteiger partial charge in [-0.3, -0.25) is 9.69 Å². The molecule has 0 amide bonds. The highest BCUT2D eigenvalue weighted by Gasteiger charge is 2.21. The number of hydrogen-bond donors (Lipinski definition) is 1. The molecule has 5 nitrogen and oxygen atoms in total. The van der Waals surface area contributed by atoms with Crippen LogP contribution in [0.3, 0.4) is 0 Å². The number of aromatic amines is 1. The zero-order valence-corrected chi connectivity index (χ0v) is 15.3. The molecule has 0 saturated carbocycles. The van der Waals surface area contributed by atoms with Gasteiger partial charge in [0.25, 0.3) is 5.56 Å². The first-order valence-electron chi connectivity index (χ1n) is 8.49. The third-order valence-electron chi connectivity index (χ3n) is 4.68. The average molecular weight is 355 g/mol. The van der Waals surface area contributed by atoms with Crippen LogP contribution in [-0.2, 0) is 25.9 Å². The second-order valence-electron chi connectivity index (χ2n) is 6.53. The van der Waals surface area contributed by atoms with Crippen LogP contribution in [0.25, 0.3) is 10.2 Å². The number of methoxy groups -OCH3 is 1. The Balaban J connectivity index is 1.57. The molecule has 0 spiro atoms. The molecule has 25 heavy (non-hydrogen) atoms. The molecular formula is C19H21N3O2S. The highest BCUT2D eigenvalue weighted by Crippen LogP contribution is 2.34. The smallest absolute Gasteiger partial charge is 0.259 e. The van der Waals surface area contributed by atoms with E-state index in [1.54, 1.807) is 18.4 Å². The fourth-order valence-electron chi connectivity index (χ4n) is 3.56. The summed E-state index contributed by atoms with van der Waals surface area (Å²) < 4.78 is 5.41. The Morgan fingerprint density at radius 3 is 2.96 bits per heavy atom. The van der Waals surface area contributed by atoms with Crippen molar-refractivity contribution in [1.82, 2.24) is 14.9 Å². The first kappa shape index (κ1) is 16.3. The third-order valence-corrected chi connectivity index (χ3v) is 5.86. The van der Waals surface area contributed by atoms with Gasteiger partial charge in [-0.2, -0.15) is 0 Å². The Bertz CT molecular complexity index is 976. The van der Waals surface area contributed by atoms with Crippen LogP contribution in [0.5, 0.6) is 5.75 Å². The fourth-order valence-corrected chi connectivity index (χ4v) is 4.84. The number of fused-ring (bicyclic) bond motifs is 3. The number of aromatic nitrogens is 2. The lowest BCUT2D eigenvalue weighted by molar-refractivity contribution is 0.303. The predicted molar refractivity (Wildman–Crippen MR) is 100 cm³/mol. The first-order valence-corrected chi connectivity index (χ1v) is 9.31. The van der Waals surface area contributed by atoms with Crippen molar-refractivity contribution in [3.63, 3.8) is 0 Å². The molecular weight excluding hydrogens is 334 g/mol. The quantitative estimate of drug-likeness (QED) is 0.764. The minimum atomic E-state index is 0.00471. The van der Waals surface area contributed by atoms with Gasteiger partial charge in [-0.15, -0.1) is 11.3 Å². The summed E-state index contributed by atoms with van der Waals surface area (Å²) in [7, 11) is 3.70. The average Bonchev–Trinajstić information content (AvgIpc) is 3.15. The standard InChI is InChI=1S/C19H21N3O2S/c1-22(10-12-6-3-4-8-14(12)24-2)11-16-20-18(23)17-13-7-5-9-15(13)25-19(17)21-16/h3-4,6,8H,5,7,9-11H2,1-2H3,(H,20,21,23). The van der Waals surface area contributed by atoms with Crippen molar-refractivity contribution in [1.29, 1.82) is 0 Å². The molecule has 1 N–H and O–H groups in total. The maximum Gasteiger partial charge on any atom is 0.259 e. The molecule has 2 aromatic heterocycles. The molecule has 6 heteroatoms. The second kappa shape index (κ2) is 6.61. The van der Waals surface area contributed by atoms with E-state index in [0.717, 1.165) is 53.2 Å². The lowest BCUT2D eigenvalue weighted by Gasteiger charge is -2.17. The maximum absolute atomic E-state index is 12.5. The van der Waals surface area contributed by atoms with Gasteiger partial charge in [0.1, 0.15) is 16.4 Å². The molecule has 3 aromatic rings. The zero-order valence-electron chi connectivity index (χ0n) is 14.5. The maximum atomic E-state index is 12.5. The normalized spacial score (nSPS) is 13.6. The van der Waals surface area contributed by atoms with Crippen molar-refractivity contribution in [3.8, 4) is 5.75 Å². The number of para-hydroxylation sites is 1. The summed E-state index contributed by atoms with van der Waals surface area (Å²) in [5.74, 6) is 1.59. The van der Waals surface area contributed by atoms with Gasteiger partial charge < -0.3 is 9.72 Å². The number of ether oxygens (including phenoxy) is 1. The van der Waals surface area contributed by atoms with Crippen LogP contribution in [-0.4, -0.2) is 29.0 Å². The van der Waals surface area contributed by atoms with Crippen LogP contribution in [0.2, 0.25) is 0 Å². The Labute approximate surface area is 150 Å². The summed E-state index contributed by atoms with van der Waals surface area (Å²) >= 11 is 1.68. The predicted octanol–water partition coefficient (Wildman–Crippen LogP) is 3.11. The molecule has 0 radical (unpaired) electrons. The fraction of sp³-hybridized carbons (Fsp3) is 0.368. The van der Waals surface area contributed by atoms with Crippen LogP contribution >= 0.6 is 11.3 Å². The largest absolute Gasteiger partial charge is 0.496 e. The van der Waals surface area contributed by atoms with Gasteiger partial charge in [0.15, 0.2) is 0 Å². The van der Waals surface area contributed by atoms with E-state index in [9.17, 15) is 4.79 Å². The van der Waals surface area contributed by atoms with E-state index in [4.69, 9.17) is 9.72 Å². The zero-order chi connectivity index (χ0) is 17.4. The molecule has 2 heterocycles. The minimum Gasteiger partial charge on any atom is -0.496 e. The summed E-state index contributed by atoms with van der Waals surface area (Å²) in [5, 5.41) is 0.814. The van der Waals surface area contributed by atoms with Gasteiger partial charge in [0.2, 0.25) is 0 Å². The lowest BCUT2D eigenvalue weighted by Crippen LogP contribution is -2.22. The summed E-state index contributed by atoms with van der Waals surface area (Å²) in [6, 6.07) is 7.98. The van der Waals surface area contributed by atoms with E-state index >= 15 is 0 Å². The summed E-state index contributed by atoms with van der Waals surface area (Å²) in [6.45, 7) is 1.32. The monoisotopic (exact) mass is 355 g/mol. The Hall–Kier alpha value is -2.18. The van der Waals surface area contributed by atoms with Crippen LogP contribution in [0, 0.1) is 0 Å². The van der Waals surface area contributed by atoms with Gasteiger partial charge in [0.05, 0.1) is 19.0 Å². The molecule has 0 atom stereocenters. The molecule has 0 fully saturated rings. The van der Waals surface area contributed by atoms with E-state index in [1.165, 1.54) is 10.4 Å². The van der Waals surface area contributed by atoms with E-state index in [0.29, 0.717) is 6.54 Å². The number of nitrogens with zero attached hydrogens (tertiary/aromatic N) is 2. The molecule has 0 saturated heterocycles. The molecule has 0 aliphatic heterocycles. The van der Waals surface area contributed by atoms with E-state index in [1.807, 2.05) is 25.2 Å². The number of benzene rings is 1. The molecule has 130 valence electrons. The van der Waals surface area contributed by atoms with Gasteiger partial charge in [-0.1, -0.05) is 18.2 Å². The summed E-state index contributed by atoms with van der Waals surface area (Å²) in [6.07, 6.45) is 3.24. The summed E-state index contributed by atoms with van der Waals surface area (Å²) in [5.41, 5.74) is 2.35. The lowest BCUT2D eigenvalue weighted by atomic mass is 10.2. The molecule has 0 bridgehead atoms. The van der Waals surface area contributed by atoms with Gasteiger partial charge in [-0.25, -0.2) is 4.98 Å². The molecule has 4 rings (SSSR count). The van der Waals surface area contributed by atoms with E-state index in [2.05, 4.69) is 16.0 Å². The van der Waals surface area contributed by atoms with Crippen molar-refractivity contribution in [2.45, 2.75) is 32.4 Å². The number of H-pyrrole nitrogens is 1. The van der Waals surface area contributed by atoms with Crippen LogP contribution in [0.4, 0.5) is 0 Å². The third kappa shape index (κ3) is 3.07. The number of rotatable bonds is 5. The van der Waals surface area contributed by atoms with Crippen molar-refractivity contribution < 1.29 is 4.74 Å². The Morgan fingerprint density at radius 1 is 1.28 bits per heavy atom. The number of aryl methyl sites for hydroxylation is 2. The van der Waals surface area contributed by atoms with Crippen molar-refractivity contribution in [3.05, 3.63) is 56.4 Å². The number of thiophene rings is 1. The Morgan fingerprint density at radius 2 is 2.12 bits per heavy atom. The van der Waals surface area contributed by atoms with Gasteiger partial charge in [-0.05, 0) is 37.9 Å². The molecule has 1 aromatic carbocycles. The number of hydrogen-bond acceptors (Lipinski definition) is 5. The van der Waals surface area contributed by atoms with E-state index < -0.39 is 0 Å². The Kier molecular flexibility index (Phi) is 4.31. The summed E-state index contributed by atoms with van der Waals surface area (Å²) in [4.78, 5) is 24.6. The first-order chi connectivity index (χ1) is 12.2. The minimum absolute atomic E-state index is 0.00471. The highest BCUT2D eigenvalue weighted by atomic mass is 32.1. The van der Waals surface area contributed by atoms with Crippen molar-refractivity contribution in [2.24, 2.45) is 0 Å². The van der Waals surface area contributed by atoms with Crippen LogP contribution < -0.4 is 10.3 Å². The van der Waals surface area contributed by atoms with E-state index in [-0.39, 0.29) is 5.56 Å². The number of nitrogens with one attached hydrogen (secondary N) is 1. The topological polar surface area (TPSA) is 58.2 Å². The highest BCUT2D eigenvalue weighted by molar-refractivity contribution is 7.18. The van der Waals surface area contributed by atoms with Crippen LogP contribution in [0.15, 0.2) is 29.1 Å². The van der Waals surface area contributed by atoms with Crippen molar-refractivity contribution in [2.75, 3.05) is 14.2 Å². The van der Waals surface area contributed by atoms with Gasteiger partial charge in [0, 0.05) is 17.0 Å². The molecule has 1 aliphatic carbocycles. The van der Waals surface area contributed by atoms with Crippen LogP contribution in [0.1, 0.15) is 28.2 Å².